The maximum absolute atomic E-state index is 6.08. The maximum atomic E-state index is 6.08. The van der Waals surface area contributed by atoms with Gasteiger partial charge in [-0.15, -0.1) is 0 Å². The summed E-state index contributed by atoms with van der Waals surface area (Å²) >= 11 is 0. The molecule has 0 aliphatic carbocycles. The largest absolute Gasteiger partial charge is 0.497 e. The molecule has 3 aromatic rings. The number of benzene rings is 3. The van der Waals surface area contributed by atoms with Gasteiger partial charge in [-0.2, -0.15) is 0 Å². The van der Waals surface area contributed by atoms with E-state index in [1.165, 1.54) is 11.1 Å². The molecule has 0 heterocycles. The Morgan fingerprint density at radius 1 is 0.793 bits per heavy atom. The van der Waals surface area contributed by atoms with Crippen molar-refractivity contribution < 1.29 is 14.2 Å². The van der Waals surface area contributed by atoms with E-state index in [2.05, 4.69) is 4.99 Å². The summed E-state index contributed by atoms with van der Waals surface area (Å²) in [4.78, 5) is 4.68. The predicted octanol–water partition coefficient (Wildman–Crippen LogP) is 6.40. The summed E-state index contributed by atoms with van der Waals surface area (Å²) in [5.41, 5.74) is 3.92. The fraction of sp³-hybridized carbons (Fsp3) is 0.160. The van der Waals surface area contributed by atoms with Crippen LogP contribution in [0.2, 0.25) is 0 Å². The van der Waals surface area contributed by atoms with Crippen LogP contribution in [0.3, 0.4) is 0 Å². The van der Waals surface area contributed by atoms with E-state index in [-0.39, 0.29) is 0 Å². The lowest BCUT2D eigenvalue weighted by Gasteiger charge is -2.11. The lowest BCUT2D eigenvalue weighted by atomic mass is 10.2. The van der Waals surface area contributed by atoms with Crippen LogP contribution in [0.15, 0.2) is 89.6 Å². The van der Waals surface area contributed by atoms with E-state index in [0.29, 0.717) is 11.6 Å². The summed E-state index contributed by atoms with van der Waals surface area (Å²) < 4.78 is 17.2. The van der Waals surface area contributed by atoms with Crippen LogP contribution in [0.4, 0.5) is 5.69 Å². The fourth-order valence-electron chi connectivity index (χ4n) is 2.53. The van der Waals surface area contributed by atoms with Gasteiger partial charge < -0.3 is 14.2 Å². The van der Waals surface area contributed by atoms with E-state index in [0.717, 1.165) is 22.8 Å². The molecule has 0 saturated carbocycles. The minimum atomic E-state index is 0.453. The molecule has 0 atom stereocenters. The monoisotopic (exact) mass is 387 g/mol. The number of rotatable bonds is 6. The molecule has 0 spiro atoms. The smallest absolute Gasteiger partial charge is 0.225 e. The van der Waals surface area contributed by atoms with E-state index < -0.39 is 0 Å². The van der Waals surface area contributed by atoms with Crippen molar-refractivity contribution in [2.45, 2.75) is 20.8 Å². The molecule has 4 heteroatoms. The highest BCUT2D eigenvalue weighted by atomic mass is 16.5. The highest BCUT2D eigenvalue weighted by molar-refractivity contribution is 5.96. The number of ether oxygens (including phenoxy) is 3. The van der Waals surface area contributed by atoms with Crippen LogP contribution in [-0.2, 0) is 0 Å². The van der Waals surface area contributed by atoms with E-state index in [1.807, 2.05) is 93.6 Å². The lowest BCUT2D eigenvalue weighted by molar-refractivity contribution is 0.411. The molecule has 0 radical (unpaired) electrons. The van der Waals surface area contributed by atoms with Crippen LogP contribution in [-0.4, -0.2) is 13.0 Å². The van der Waals surface area contributed by atoms with Gasteiger partial charge in [0.2, 0.25) is 5.90 Å². The zero-order chi connectivity index (χ0) is 20.6. The molecule has 29 heavy (non-hydrogen) atoms. The Morgan fingerprint density at radius 2 is 1.41 bits per heavy atom. The number of methoxy groups -OCH3 is 1. The Kier molecular flexibility index (Phi) is 6.69. The molecular formula is C25H25NO3. The second-order valence-electron chi connectivity index (χ2n) is 6.77. The molecular weight excluding hydrogens is 362 g/mol. The van der Waals surface area contributed by atoms with Crippen molar-refractivity contribution in [3.63, 3.8) is 0 Å². The Bertz CT molecular complexity index is 1000. The summed E-state index contributed by atoms with van der Waals surface area (Å²) in [5.74, 6) is 2.56. The Hall–Kier alpha value is -3.53. The van der Waals surface area contributed by atoms with Crippen LogP contribution in [0, 0.1) is 13.8 Å². The Balaban J connectivity index is 1.89. The van der Waals surface area contributed by atoms with Gasteiger partial charge in [-0.05, 0) is 57.2 Å². The third-order valence-corrected chi connectivity index (χ3v) is 4.25. The predicted molar refractivity (Wildman–Crippen MR) is 117 cm³/mol. The van der Waals surface area contributed by atoms with Gasteiger partial charge in [-0.1, -0.05) is 41.5 Å². The quantitative estimate of drug-likeness (QED) is 0.279. The van der Waals surface area contributed by atoms with Gasteiger partial charge >= 0.3 is 0 Å². The zero-order valence-corrected chi connectivity index (χ0v) is 17.2. The van der Waals surface area contributed by atoms with Crippen molar-refractivity contribution in [3.8, 4) is 17.2 Å². The molecule has 0 fully saturated rings. The number of aryl methyl sites for hydroxylation is 2. The number of hydrogen-bond acceptors (Lipinski definition) is 4. The summed E-state index contributed by atoms with van der Waals surface area (Å²) in [6, 6.07) is 23.2. The molecule has 0 bridgehead atoms. The third-order valence-electron chi connectivity index (χ3n) is 4.25. The summed E-state index contributed by atoms with van der Waals surface area (Å²) in [7, 11) is 1.63. The van der Waals surface area contributed by atoms with Crippen molar-refractivity contribution in [2.24, 2.45) is 4.99 Å². The minimum Gasteiger partial charge on any atom is -0.497 e. The standard InChI is InChI=1S/C25H25NO3/c1-18-8-12-21(13-9-18)26-25(29-24-7-5-6-23(16-24)27-4)20(3)17-28-22-14-10-19(2)11-15-22/h5-17H,1-4H3/b20-17+,26-25-. The highest BCUT2D eigenvalue weighted by Gasteiger charge is 2.09. The molecule has 0 unspecified atom stereocenters. The highest BCUT2D eigenvalue weighted by Crippen LogP contribution is 2.22. The average Bonchev–Trinajstić information content (AvgIpc) is 2.74. The first-order chi connectivity index (χ1) is 14.0. The molecule has 0 saturated heterocycles. The average molecular weight is 387 g/mol. The van der Waals surface area contributed by atoms with E-state index in [4.69, 9.17) is 14.2 Å². The molecule has 4 nitrogen and oxygen atoms in total. The van der Waals surface area contributed by atoms with Gasteiger partial charge in [0, 0.05) is 11.6 Å². The van der Waals surface area contributed by atoms with Crippen molar-refractivity contribution in [3.05, 3.63) is 95.8 Å². The fourth-order valence-corrected chi connectivity index (χ4v) is 2.53. The van der Waals surface area contributed by atoms with Crippen LogP contribution in [0.25, 0.3) is 0 Å². The molecule has 0 N–H and O–H groups in total. The lowest BCUT2D eigenvalue weighted by Crippen LogP contribution is -2.11. The topological polar surface area (TPSA) is 40.0 Å². The van der Waals surface area contributed by atoms with Gasteiger partial charge in [0.25, 0.3) is 0 Å². The van der Waals surface area contributed by atoms with E-state index in [9.17, 15) is 0 Å². The SMILES string of the molecule is COc1cccc(OC(=N\c2ccc(C)cc2)/C(C)=C/Oc2ccc(C)cc2)c1. The second-order valence-corrected chi connectivity index (χ2v) is 6.77. The summed E-state index contributed by atoms with van der Waals surface area (Å²) in [6.45, 7) is 5.99. The van der Waals surface area contributed by atoms with Crippen LogP contribution >= 0.6 is 0 Å². The Morgan fingerprint density at radius 3 is 2.07 bits per heavy atom. The Labute approximate surface area is 172 Å². The third kappa shape index (κ3) is 5.98. The van der Waals surface area contributed by atoms with Gasteiger partial charge in [-0.25, -0.2) is 4.99 Å². The second kappa shape index (κ2) is 9.60. The molecule has 3 aromatic carbocycles. The normalized spacial score (nSPS) is 11.9. The van der Waals surface area contributed by atoms with Crippen LogP contribution in [0.1, 0.15) is 18.1 Å². The van der Waals surface area contributed by atoms with Crippen LogP contribution < -0.4 is 14.2 Å². The molecule has 0 aliphatic rings. The maximum Gasteiger partial charge on any atom is 0.225 e. The number of hydrogen-bond donors (Lipinski definition) is 0. The number of nitrogens with zero attached hydrogens (tertiary/aromatic N) is 1. The minimum absolute atomic E-state index is 0.453. The molecule has 0 amide bonds. The number of aliphatic imine (C=N–C) groups is 1. The molecule has 0 aliphatic heterocycles. The van der Waals surface area contributed by atoms with E-state index >= 15 is 0 Å². The summed E-state index contributed by atoms with van der Waals surface area (Å²) in [5, 5.41) is 0. The first-order valence-electron chi connectivity index (χ1n) is 9.41. The molecule has 0 aromatic heterocycles. The van der Waals surface area contributed by atoms with E-state index in [1.54, 1.807) is 13.4 Å². The van der Waals surface area contributed by atoms with Crippen molar-refractivity contribution >= 4 is 11.6 Å². The van der Waals surface area contributed by atoms with Gasteiger partial charge in [0.1, 0.15) is 17.2 Å². The van der Waals surface area contributed by atoms with Crippen molar-refractivity contribution in [2.75, 3.05) is 7.11 Å². The van der Waals surface area contributed by atoms with Gasteiger partial charge in [0.05, 0.1) is 19.1 Å². The first kappa shape index (κ1) is 20.2. The first-order valence-corrected chi connectivity index (χ1v) is 9.41. The molecule has 3 rings (SSSR count). The zero-order valence-electron chi connectivity index (χ0n) is 17.2. The van der Waals surface area contributed by atoms with Gasteiger partial charge in [0.15, 0.2) is 0 Å². The van der Waals surface area contributed by atoms with Crippen LogP contribution in [0.5, 0.6) is 17.2 Å². The van der Waals surface area contributed by atoms with Crippen molar-refractivity contribution in [1.82, 2.24) is 0 Å². The molecule has 148 valence electrons. The van der Waals surface area contributed by atoms with Crippen molar-refractivity contribution in [1.29, 1.82) is 0 Å². The summed E-state index contributed by atoms with van der Waals surface area (Å²) in [6.07, 6.45) is 1.65. The van der Waals surface area contributed by atoms with Gasteiger partial charge in [-0.3, -0.25) is 0 Å².